The maximum atomic E-state index is 11.1. The van der Waals surface area contributed by atoms with Crippen LogP contribution in [0.25, 0.3) is 0 Å². The highest BCUT2D eigenvalue weighted by Gasteiger charge is 2.30. The molecule has 9 heteroatoms. The van der Waals surface area contributed by atoms with Gasteiger partial charge in [0, 0.05) is 11.3 Å². The molecule has 1 aromatic heterocycles. The van der Waals surface area contributed by atoms with Gasteiger partial charge in [-0.1, -0.05) is 11.8 Å². The summed E-state index contributed by atoms with van der Waals surface area (Å²) in [6, 6.07) is 0. The van der Waals surface area contributed by atoms with Gasteiger partial charge in [0.25, 0.3) is 10.1 Å². The molecule has 1 N–H and O–H groups in total. The molecule has 114 valence electrons. The van der Waals surface area contributed by atoms with Gasteiger partial charge in [0.15, 0.2) is 4.34 Å². The van der Waals surface area contributed by atoms with Crippen molar-refractivity contribution in [2.24, 2.45) is 0 Å². The number of carbonyl (C=O) groups is 1. The van der Waals surface area contributed by atoms with E-state index in [2.05, 4.69) is 9.17 Å². The Morgan fingerprint density at radius 2 is 2.10 bits per heavy atom. The molecule has 20 heavy (non-hydrogen) atoms. The molecule has 6 nitrogen and oxygen atoms in total. The fourth-order valence-corrected chi connectivity index (χ4v) is 4.14. The first-order chi connectivity index (χ1) is 9.01. The molecule has 0 saturated carbocycles. The molecule has 0 aliphatic heterocycles. The lowest BCUT2D eigenvalue weighted by atomic mass is 10.2. The number of hydrogen-bond donors (Lipinski definition) is 1. The molecular formula is C11H17NO5S3. The zero-order chi connectivity index (χ0) is 15.6. The Bertz CT molecular complexity index is 591. The minimum atomic E-state index is -3.45. The molecule has 1 heterocycles. The van der Waals surface area contributed by atoms with Gasteiger partial charge in [0.1, 0.15) is 4.75 Å². The Labute approximate surface area is 126 Å². The number of aryl methyl sites for hydroxylation is 1. The Morgan fingerprint density at radius 1 is 1.50 bits per heavy atom. The molecule has 0 radical (unpaired) electrons. The van der Waals surface area contributed by atoms with Crippen LogP contribution in [0.5, 0.6) is 0 Å². The summed E-state index contributed by atoms with van der Waals surface area (Å²) in [4.78, 5) is 16.3. The molecule has 0 saturated heterocycles. The summed E-state index contributed by atoms with van der Waals surface area (Å²) in [6.07, 6.45) is 1.38. The molecule has 0 atom stereocenters. The molecule has 0 aliphatic rings. The average Bonchev–Trinajstić information content (AvgIpc) is 2.56. The lowest BCUT2D eigenvalue weighted by Gasteiger charge is -2.15. The van der Waals surface area contributed by atoms with E-state index < -0.39 is 20.8 Å². The van der Waals surface area contributed by atoms with Crippen molar-refractivity contribution in [1.29, 1.82) is 0 Å². The minimum Gasteiger partial charge on any atom is -0.480 e. The summed E-state index contributed by atoms with van der Waals surface area (Å²) in [5, 5.41) is 9.08. The average molecular weight is 339 g/mol. The Balaban J connectivity index is 2.71. The van der Waals surface area contributed by atoms with Gasteiger partial charge in [-0.25, -0.2) is 4.98 Å². The molecule has 1 aromatic rings. The molecule has 0 aliphatic carbocycles. The predicted molar refractivity (Wildman–Crippen MR) is 78.9 cm³/mol. The van der Waals surface area contributed by atoms with Crippen LogP contribution in [0, 0.1) is 6.92 Å². The summed E-state index contributed by atoms with van der Waals surface area (Å²) in [7, 11) is -3.45. The number of carboxylic acid groups (broad SMARTS) is 1. The normalized spacial score (nSPS) is 12.6. The van der Waals surface area contributed by atoms with E-state index in [-0.39, 0.29) is 6.61 Å². The lowest BCUT2D eigenvalue weighted by molar-refractivity contribution is -0.138. The third kappa shape index (κ3) is 5.39. The second-order valence-corrected chi connectivity index (χ2v) is 9.39. The van der Waals surface area contributed by atoms with Crippen LogP contribution in [0.2, 0.25) is 0 Å². The minimum absolute atomic E-state index is 0.0375. The van der Waals surface area contributed by atoms with Gasteiger partial charge in [-0.2, -0.15) is 8.42 Å². The smallest absolute Gasteiger partial charge is 0.319 e. The summed E-state index contributed by atoms with van der Waals surface area (Å²) in [5.74, 6) is -0.905. The van der Waals surface area contributed by atoms with Crippen molar-refractivity contribution in [3.05, 3.63) is 10.6 Å². The van der Waals surface area contributed by atoms with Gasteiger partial charge in [0.05, 0.1) is 18.6 Å². The van der Waals surface area contributed by atoms with E-state index in [1.807, 2.05) is 6.92 Å². The van der Waals surface area contributed by atoms with Gasteiger partial charge in [-0.15, -0.1) is 11.3 Å². The summed E-state index contributed by atoms with van der Waals surface area (Å²) in [6.45, 7) is 5.13. The first-order valence-electron chi connectivity index (χ1n) is 5.74. The van der Waals surface area contributed by atoms with Gasteiger partial charge < -0.3 is 5.11 Å². The van der Waals surface area contributed by atoms with E-state index in [9.17, 15) is 13.2 Å². The highest BCUT2D eigenvalue weighted by atomic mass is 32.2. The first-order valence-corrected chi connectivity index (χ1v) is 9.19. The highest BCUT2D eigenvalue weighted by molar-refractivity contribution is 8.03. The Morgan fingerprint density at radius 3 is 2.60 bits per heavy atom. The van der Waals surface area contributed by atoms with E-state index in [0.29, 0.717) is 10.8 Å². The fourth-order valence-electron chi connectivity index (χ4n) is 1.23. The third-order valence-corrected chi connectivity index (χ3v) is 5.22. The van der Waals surface area contributed by atoms with Crippen molar-refractivity contribution in [2.75, 3.05) is 12.9 Å². The summed E-state index contributed by atoms with van der Waals surface area (Å²) >= 11 is 2.58. The Kier molecular flexibility index (Phi) is 5.59. The summed E-state index contributed by atoms with van der Waals surface area (Å²) in [5.41, 5.74) is 0.738. The van der Waals surface area contributed by atoms with Crippen molar-refractivity contribution >= 4 is 39.2 Å². The number of hydrogen-bond acceptors (Lipinski definition) is 7. The zero-order valence-electron chi connectivity index (χ0n) is 11.7. The topological polar surface area (TPSA) is 93.6 Å². The lowest BCUT2D eigenvalue weighted by Crippen LogP contribution is -2.26. The van der Waals surface area contributed by atoms with Gasteiger partial charge in [-0.3, -0.25) is 8.98 Å². The number of rotatable bonds is 7. The van der Waals surface area contributed by atoms with Crippen molar-refractivity contribution in [3.8, 4) is 0 Å². The molecule has 0 fully saturated rings. The van der Waals surface area contributed by atoms with Crippen LogP contribution in [-0.2, 0) is 25.5 Å². The summed E-state index contributed by atoms with van der Waals surface area (Å²) < 4.78 is 26.1. The quantitative estimate of drug-likeness (QED) is 0.599. The molecule has 1 rings (SSSR count). The number of carboxylic acids is 1. The molecule has 0 unspecified atom stereocenters. The number of aliphatic carboxylic acids is 1. The fraction of sp³-hybridized carbons (Fsp3) is 0.636. The van der Waals surface area contributed by atoms with Crippen molar-refractivity contribution in [3.63, 3.8) is 0 Å². The van der Waals surface area contributed by atoms with Crippen LogP contribution in [0.4, 0.5) is 0 Å². The van der Waals surface area contributed by atoms with E-state index >= 15 is 0 Å². The first kappa shape index (κ1) is 17.4. The SMILES string of the molecule is Cc1sc(SC(C)(C)C(=O)O)nc1CCOS(C)(=O)=O. The van der Waals surface area contributed by atoms with Crippen LogP contribution >= 0.6 is 23.1 Å². The van der Waals surface area contributed by atoms with Gasteiger partial charge in [0.2, 0.25) is 0 Å². The monoisotopic (exact) mass is 339 g/mol. The van der Waals surface area contributed by atoms with E-state index in [1.54, 1.807) is 13.8 Å². The second-order valence-electron chi connectivity index (χ2n) is 4.68. The number of thioether (sulfide) groups is 1. The third-order valence-electron chi connectivity index (χ3n) is 2.37. The van der Waals surface area contributed by atoms with E-state index in [0.717, 1.165) is 16.8 Å². The molecule has 0 bridgehead atoms. The standard InChI is InChI=1S/C11H17NO5S3/c1-7-8(5-6-17-20(4,15)16)12-10(18-7)19-11(2,3)9(13)14/h5-6H2,1-4H3,(H,13,14). The van der Waals surface area contributed by atoms with E-state index in [4.69, 9.17) is 5.11 Å². The maximum Gasteiger partial charge on any atom is 0.319 e. The molecule has 0 spiro atoms. The molecular weight excluding hydrogens is 322 g/mol. The number of thiazole rings is 1. The number of nitrogens with zero attached hydrogens (tertiary/aromatic N) is 1. The van der Waals surface area contributed by atoms with Gasteiger partial charge in [-0.05, 0) is 20.8 Å². The van der Waals surface area contributed by atoms with Crippen LogP contribution in [-0.4, -0.2) is 42.1 Å². The number of aromatic nitrogens is 1. The maximum absolute atomic E-state index is 11.1. The van der Waals surface area contributed by atoms with Crippen LogP contribution in [0.1, 0.15) is 24.4 Å². The predicted octanol–water partition coefficient (Wildman–Crippen LogP) is 1.93. The zero-order valence-corrected chi connectivity index (χ0v) is 14.1. The molecule has 0 amide bonds. The van der Waals surface area contributed by atoms with Crippen molar-refractivity contribution in [1.82, 2.24) is 4.98 Å². The largest absolute Gasteiger partial charge is 0.480 e. The van der Waals surface area contributed by atoms with Crippen LogP contribution in [0.3, 0.4) is 0 Å². The van der Waals surface area contributed by atoms with Gasteiger partial charge >= 0.3 is 5.97 Å². The van der Waals surface area contributed by atoms with Crippen LogP contribution in [0.15, 0.2) is 4.34 Å². The Hall–Kier alpha value is -0.640. The van der Waals surface area contributed by atoms with Crippen molar-refractivity contribution < 1.29 is 22.5 Å². The van der Waals surface area contributed by atoms with Crippen molar-refractivity contribution in [2.45, 2.75) is 36.3 Å². The second kappa shape index (κ2) is 6.42. The highest BCUT2D eigenvalue weighted by Crippen LogP contribution is 2.36. The van der Waals surface area contributed by atoms with Crippen LogP contribution < -0.4 is 0 Å². The molecule has 0 aromatic carbocycles. The van der Waals surface area contributed by atoms with E-state index in [1.165, 1.54) is 23.1 Å².